The van der Waals surface area contributed by atoms with E-state index >= 15 is 0 Å². The van der Waals surface area contributed by atoms with Crippen LogP contribution in [0.5, 0.6) is 0 Å². The molecular formula is C20H18OSe. The summed E-state index contributed by atoms with van der Waals surface area (Å²) < 4.78 is 1.30. The second kappa shape index (κ2) is 7.42. The molecular weight excluding hydrogens is 335 g/mol. The van der Waals surface area contributed by atoms with Crippen LogP contribution in [-0.2, 0) is 0 Å². The zero-order valence-electron chi connectivity index (χ0n) is 12.2. The molecule has 22 heavy (non-hydrogen) atoms. The summed E-state index contributed by atoms with van der Waals surface area (Å²) in [6.07, 6.45) is -0.483. The molecule has 0 saturated carbocycles. The fraction of sp³-hybridized carbons (Fsp3) is 0.100. The molecule has 0 saturated heterocycles. The molecule has 0 heterocycles. The second-order valence-electron chi connectivity index (χ2n) is 5.12. The second-order valence-corrected chi connectivity index (χ2v) is 7.67. The Morgan fingerprint density at radius 1 is 0.591 bits per heavy atom. The summed E-state index contributed by atoms with van der Waals surface area (Å²) in [5, 5.41) is 10.9. The van der Waals surface area contributed by atoms with E-state index in [2.05, 4.69) is 36.4 Å². The number of benzene rings is 3. The van der Waals surface area contributed by atoms with Crippen molar-refractivity contribution >= 4 is 19.4 Å². The maximum absolute atomic E-state index is 10.9. The first-order valence-corrected chi connectivity index (χ1v) is 9.19. The van der Waals surface area contributed by atoms with E-state index in [0.29, 0.717) is 0 Å². The van der Waals surface area contributed by atoms with Gasteiger partial charge in [0.2, 0.25) is 0 Å². The molecule has 3 aromatic carbocycles. The Bertz CT molecular complexity index is 683. The number of aliphatic hydroxyl groups excluding tert-OH is 1. The van der Waals surface area contributed by atoms with Crippen molar-refractivity contribution in [3.8, 4) is 0 Å². The van der Waals surface area contributed by atoms with Gasteiger partial charge in [0.05, 0.1) is 0 Å². The zero-order valence-corrected chi connectivity index (χ0v) is 13.9. The molecule has 0 aliphatic rings. The van der Waals surface area contributed by atoms with Gasteiger partial charge in [0.25, 0.3) is 0 Å². The first-order chi connectivity index (χ1) is 10.8. The normalized spacial score (nSPS) is 13.5. The van der Waals surface area contributed by atoms with Crippen molar-refractivity contribution in [1.29, 1.82) is 0 Å². The van der Waals surface area contributed by atoms with Crippen LogP contribution in [0.25, 0.3) is 0 Å². The first kappa shape index (κ1) is 15.1. The molecule has 2 atom stereocenters. The number of aliphatic hydroxyl groups is 1. The fourth-order valence-electron chi connectivity index (χ4n) is 2.43. The van der Waals surface area contributed by atoms with Crippen molar-refractivity contribution in [2.75, 3.05) is 0 Å². The molecule has 0 bridgehead atoms. The van der Waals surface area contributed by atoms with Crippen LogP contribution in [0.4, 0.5) is 0 Å². The number of rotatable bonds is 5. The van der Waals surface area contributed by atoms with Crippen LogP contribution in [0.2, 0.25) is 0 Å². The SMILES string of the molecule is O[C@@H](c1ccccc1)[C@@H]([Se]c1ccccc1)c1ccccc1. The summed E-state index contributed by atoms with van der Waals surface area (Å²) in [6, 6.07) is 30.7. The Kier molecular flexibility index (Phi) is 5.07. The van der Waals surface area contributed by atoms with Crippen molar-refractivity contribution in [2.45, 2.75) is 10.9 Å². The summed E-state index contributed by atoms with van der Waals surface area (Å²) in [7, 11) is 0. The summed E-state index contributed by atoms with van der Waals surface area (Å²) in [5.74, 6) is 0. The van der Waals surface area contributed by atoms with Crippen molar-refractivity contribution in [2.24, 2.45) is 0 Å². The molecule has 110 valence electrons. The zero-order chi connectivity index (χ0) is 15.2. The van der Waals surface area contributed by atoms with Crippen LogP contribution < -0.4 is 4.46 Å². The van der Waals surface area contributed by atoms with Crippen LogP contribution in [0.3, 0.4) is 0 Å². The quantitative estimate of drug-likeness (QED) is 0.696. The van der Waals surface area contributed by atoms with Gasteiger partial charge in [0.1, 0.15) is 0 Å². The third kappa shape index (κ3) is 3.66. The monoisotopic (exact) mass is 354 g/mol. The Hall–Kier alpha value is -1.86. The van der Waals surface area contributed by atoms with Gasteiger partial charge < -0.3 is 0 Å². The average molecular weight is 353 g/mol. The Labute approximate surface area is 137 Å². The molecule has 3 aromatic rings. The van der Waals surface area contributed by atoms with E-state index in [0.717, 1.165) is 5.56 Å². The molecule has 1 N–H and O–H groups in total. The molecule has 0 aliphatic carbocycles. The Balaban J connectivity index is 1.93. The fourth-order valence-corrected chi connectivity index (χ4v) is 4.92. The first-order valence-electron chi connectivity index (χ1n) is 7.34. The molecule has 1 nitrogen and oxygen atoms in total. The van der Waals surface area contributed by atoms with E-state index in [1.54, 1.807) is 0 Å². The number of hydrogen-bond donors (Lipinski definition) is 1. The van der Waals surface area contributed by atoms with Gasteiger partial charge in [-0.15, -0.1) is 0 Å². The van der Waals surface area contributed by atoms with Gasteiger partial charge in [-0.25, -0.2) is 0 Å². The van der Waals surface area contributed by atoms with Gasteiger partial charge in [-0.3, -0.25) is 0 Å². The molecule has 0 aromatic heterocycles. The third-order valence-electron chi connectivity index (χ3n) is 3.56. The van der Waals surface area contributed by atoms with Crippen LogP contribution >= 0.6 is 0 Å². The summed E-state index contributed by atoms with van der Waals surface area (Å²) in [6.45, 7) is 0. The predicted octanol–water partition coefficient (Wildman–Crippen LogP) is 3.49. The molecule has 0 spiro atoms. The van der Waals surface area contributed by atoms with Crippen molar-refractivity contribution in [1.82, 2.24) is 0 Å². The van der Waals surface area contributed by atoms with E-state index in [4.69, 9.17) is 0 Å². The van der Waals surface area contributed by atoms with Crippen molar-refractivity contribution < 1.29 is 5.11 Å². The minimum atomic E-state index is -0.483. The van der Waals surface area contributed by atoms with Crippen molar-refractivity contribution in [3.05, 3.63) is 102 Å². The Morgan fingerprint density at radius 2 is 1.05 bits per heavy atom. The van der Waals surface area contributed by atoms with Gasteiger partial charge in [0.15, 0.2) is 0 Å². The Morgan fingerprint density at radius 3 is 1.59 bits per heavy atom. The molecule has 0 fully saturated rings. The van der Waals surface area contributed by atoms with Crippen LogP contribution in [0.1, 0.15) is 22.0 Å². The van der Waals surface area contributed by atoms with Crippen LogP contribution in [0, 0.1) is 0 Å². The van der Waals surface area contributed by atoms with E-state index < -0.39 is 6.10 Å². The molecule has 0 radical (unpaired) electrons. The van der Waals surface area contributed by atoms with E-state index in [1.165, 1.54) is 10.0 Å². The third-order valence-corrected chi connectivity index (χ3v) is 6.35. The van der Waals surface area contributed by atoms with Gasteiger partial charge in [-0.2, -0.15) is 0 Å². The topological polar surface area (TPSA) is 20.2 Å². The summed E-state index contributed by atoms with van der Waals surface area (Å²) in [4.78, 5) is 0.110. The van der Waals surface area contributed by atoms with E-state index in [-0.39, 0.29) is 19.8 Å². The minimum absolute atomic E-state index is 0.110. The number of hydrogen-bond acceptors (Lipinski definition) is 1. The maximum atomic E-state index is 10.9. The van der Waals surface area contributed by atoms with Crippen LogP contribution in [-0.4, -0.2) is 20.1 Å². The van der Waals surface area contributed by atoms with Gasteiger partial charge in [-0.1, -0.05) is 0 Å². The molecule has 2 heteroatoms. The summed E-state index contributed by atoms with van der Waals surface area (Å²) >= 11 is 0.165. The van der Waals surface area contributed by atoms with Gasteiger partial charge >= 0.3 is 138 Å². The standard InChI is InChI=1S/C20H18OSe/c21-19(16-10-4-1-5-11-16)20(17-12-6-2-7-13-17)22-18-14-8-3-9-15-18/h1-15,19-21H/t19-,20-/m0/s1. The van der Waals surface area contributed by atoms with Gasteiger partial charge in [-0.05, 0) is 0 Å². The molecule has 0 unspecified atom stereocenters. The van der Waals surface area contributed by atoms with E-state index in [1.807, 2.05) is 54.6 Å². The summed E-state index contributed by atoms with van der Waals surface area (Å²) in [5.41, 5.74) is 2.18. The average Bonchev–Trinajstić information content (AvgIpc) is 2.61. The molecule has 3 rings (SSSR count). The molecule has 0 amide bonds. The van der Waals surface area contributed by atoms with Crippen LogP contribution in [0.15, 0.2) is 91.0 Å². The van der Waals surface area contributed by atoms with E-state index in [9.17, 15) is 5.11 Å². The predicted molar refractivity (Wildman–Crippen MR) is 92.4 cm³/mol. The van der Waals surface area contributed by atoms with Crippen molar-refractivity contribution in [3.63, 3.8) is 0 Å². The molecule has 0 aliphatic heterocycles. The van der Waals surface area contributed by atoms with Gasteiger partial charge in [0, 0.05) is 0 Å².